The van der Waals surface area contributed by atoms with Crippen LogP contribution in [-0.2, 0) is 6.42 Å². The van der Waals surface area contributed by atoms with E-state index in [4.69, 9.17) is 0 Å². The van der Waals surface area contributed by atoms with Crippen molar-refractivity contribution in [2.45, 2.75) is 45.4 Å². The molecule has 3 heteroatoms. The summed E-state index contributed by atoms with van der Waals surface area (Å²) in [5, 5.41) is 9.50. The summed E-state index contributed by atoms with van der Waals surface area (Å²) in [7, 11) is 0. The van der Waals surface area contributed by atoms with Crippen LogP contribution in [0.2, 0.25) is 0 Å². The lowest BCUT2D eigenvalue weighted by molar-refractivity contribution is 0.474. The van der Waals surface area contributed by atoms with Gasteiger partial charge in [0, 0.05) is 18.8 Å². The van der Waals surface area contributed by atoms with E-state index in [-0.39, 0.29) is 24.0 Å². The number of anilines is 1. The number of nitrogens with zero attached hydrogens (tertiary/aromatic N) is 1. The molecule has 0 spiro atoms. The Labute approximate surface area is 127 Å². The average Bonchev–Trinajstić information content (AvgIpc) is 2.34. The maximum absolute atomic E-state index is 9.50. The SMILES string of the molecule is CCCCCCN1CCCc2cc(O)ccc21.I. The number of phenols is 1. The fourth-order valence-corrected chi connectivity index (χ4v) is 2.62. The Hall–Kier alpha value is -0.450. The maximum atomic E-state index is 9.50. The van der Waals surface area contributed by atoms with Gasteiger partial charge in [-0.25, -0.2) is 0 Å². The van der Waals surface area contributed by atoms with E-state index in [0.29, 0.717) is 5.75 Å². The van der Waals surface area contributed by atoms with Gasteiger partial charge in [0.1, 0.15) is 5.75 Å². The Morgan fingerprint density at radius 3 is 2.83 bits per heavy atom. The van der Waals surface area contributed by atoms with E-state index in [1.807, 2.05) is 12.1 Å². The van der Waals surface area contributed by atoms with Gasteiger partial charge in [-0.2, -0.15) is 0 Å². The van der Waals surface area contributed by atoms with Gasteiger partial charge in [-0.1, -0.05) is 26.2 Å². The van der Waals surface area contributed by atoms with E-state index < -0.39 is 0 Å². The van der Waals surface area contributed by atoms with Crippen LogP contribution in [0.1, 0.15) is 44.6 Å². The van der Waals surface area contributed by atoms with Crippen LogP contribution < -0.4 is 4.90 Å². The smallest absolute Gasteiger partial charge is 0.116 e. The second-order valence-electron chi connectivity index (χ2n) is 4.96. The fraction of sp³-hybridized carbons (Fsp3) is 0.600. The average molecular weight is 361 g/mol. The second kappa shape index (κ2) is 7.87. The molecule has 102 valence electrons. The molecule has 1 aromatic rings. The third-order valence-corrected chi connectivity index (χ3v) is 3.56. The molecule has 2 rings (SSSR count). The lowest BCUT2D eigenvalue weighted by Gasteiger charge is -2.31. The summed E-state index contributed by atoms with van der Waals surface area (Å²) < 4.78 is 0. The van der Waals surface area contributed by atoms with Gasteiger partial charge in [0.25, 0.3) is 0 Å². The Bertz CT molecular complexity index is 368. The second-order valence-corrected chi connectivity index (χ2v) is 4.96. The van der Waals surface area contributed by atoms with Crippen LogP contribution in [0.4, 0.5) is 5.69 Å². The van der Waals surface area contributed by atoms with Crippen molar-refractivity contribution in [2.24, 2.45) is 0 Å². The summed E-state index contributed by atoms with van der Waals surface area (Å²) in [6.45, 7) is 4.58. The molecule has 1 N–H and O–H groups in total. The molecule has 1 aliphatic rings. The summed E-state index contributed by atoms with van der Waals surface area (Å²) >= 11 is 0. The molecule has 1 aromatic carbocycles. The topological polar surface area (TPSA) is 23.5 Å². The van der Waals surface area contributed by atoms with Crippen LogP contribution in [0.3, 0.4) is 0 Å². The molecule has 0 aliphatic carbocycles. The van der Waals surface area contributed by atoms with Crippen LogP contribution in [0.25, 0.3) is 0 Å². The molecule has 0 radical (unpaired) electrons. The molecule has 0 unspecified atom stereocenters. The van der Waals surface area contributed by atoms with Gasteiger partial charge in [-0.15, -0.1) is 24.0 Å². The molecule has 0 saturated heterocycles. The number of rotatable bonds is 5. The van der Waals surface area contributed by atoms with Crippen molar-refractivity contribution in [3.8, 4) is 5.75 Å². The molecule has 0 fully saturated rings. The lowest BCUT2D eigenvalue weighted by atomic mass is 10.0. The highest BCUT2D eigenvalue weighted by Gasteiger charge is 2.16. The number of fused-ring (bicyclic) bond motifs is 1. The zero-order valence-electron chi connectivity index (χ0n) is 11.2. The quantitative estimate of drug-likeness (QED) is 0.623. The number of halogens is 1. The number of hydrogen-bond donors (Lipinski definition) is 1. The summed E-state index contributed by atoms with van der Waals surface area (Å²) in [4.78, 5) is 2.48. The molecule has 0 atom stereocenters. The summed E-state index contributed by atoms with van der Waals surface area (Å²) in [6.07, 6.45) is 7.58. The molecule has 0 bridgehead atoms. The first-order valence-corrected chi connectivity index (χ1v) is 6.88. The minimum absolute atomic E-state index is 0. The third kappa shape index (κ3) is 4.04. The van der Waals surface area contributed by atoms with E-state index in [9.17, 15) is 5.11 Å². The normalized spacial score (nSPS) is 13.9. The zero-order chi connectivity index (χ0) is 12.1. The summed E-state index contributed by atoms with van der Waals surface area (Å²) in [6, 6.07) is 5.81. The van der Waals surface area contributed by atoms with Crippen LogP contribution in [-0.4, -0.2) is 18.2 Å². The molecule has 0 saturated carbocycles. The largest absolute Gasteiger partial charge is 0.508 e. The number of aromatic hydroxyl groups is 1. The van der Waals surface area contributed by atoms with Crippen molar-refractivity contribution in [1.29, 1.82) is 0 Å². The van der Waals surface area contributed by atoms with Crippen molar-refractivity contribution in [1.82, 2.24) is 0 Å². The van der Waals surface area contributed by atoms with Crippen LogP contribution in [0.15, 0.2) is 18.2 Å². The third-order valence-electron chi connectivity index (χ3n) is 3.56. The standard InChI is InChI=1S/C15H23NO.HI/c1-2-3-4-5-10-16-11-6-7-13-12-14(17)8-9-15(13)16;/h8-9,12,17H,2-7,10-11H2,1H3;1H. The minimum Gasteiger partial charge on any atom is -0.508 e. The number of benzene rings is 1. The molecular formula is C15H24INO. The van der Waals surface area contributed by atoms with E-state index in [0.717, 1.165) is 13.0 Å². The van der Waals surface area contributed by atoms with Gasteiger partial charge in [-0.3, -0.25) is 0 Å². The monoisotopic (exact) mass is 361 g/mol. The minimum atomic E-state index is 0. The van der Waals surface area contributed by atoms with Crippen LogP contribution >= 0.6 is 24.0 Å². The van der Waals surface area contributed by atoms with Crippen LogP contribution in [0.5, 0.6) is 5.75 Å². The molecule has 1 heterocycles. The molecule has 1 aliphatic heterocycles. The Kier molecular flexibility index (Phi) is 6.82. The Morgan fingerprint density at radius 2 is 2.06 bits per heavy atom. The van der Waals surface area contributed by atoms with Gasteiger partial charge in [-0.05, 0) is 43.0 Å². The zero-order valence-corrected chi connectivity index (χ0v) is 13.5. The van der Waals surface area contributed by atoms with E-state index in [1.54, 1.807) is 0 Å². The highest BCUT2D eigenvalue weighted by molar-refractivity contribution is 14.0. The van der Waals surface area contributed by atoms with Crippen LogP contribution in [0, 0.1) is 0 Å². The van der Waals surface area contributed by atoms with Crippen molar-refractivity contribution in [3.05, 3.63) is 23.8 Å². The predicted molar refractivity (Wildman–Crippen MR) is 88.2 cm³/mol. The van der Waals surface area contributed by atoms with Crippen molar-refractivity contribution >= 4 is 29.7 Å². The number of aryl methyl sites for hydroxylation is 1. The molecule has 18 heavy (non-hydrogen) atoms. The first kappa shape index (κ1) is 15.6. The first-order chi connectivity index (χ1) is 8.31. The van der Waals surface area contributed by atoms with Gasteiger partial charge < -0.3 is 10.0 Å². The lowest BCUT2D eigenvalue weighted by Crippen LogP contribution is -2.30. The van der Waals surface area contributed by atoms with E-state index in [1.165, 1.54) is 49.9 Å². The molecule has 2 nitrogen and oxygen atoms in total. The highest BCUT2D eigenvalue weighted by atomic mass is 127. The van der Waals surface area contributed by atoms with Gasteiger partial charge in [0.05, 0.1) is 0 Å². The molecule has 0 aromatic heterocycles. The van der Waals surface area contributed by atoms with Gasteiger partial charge >= 0.3 is 0 Å². The van der Waals surface area contributed by atoms with Gasteiger partial charge in [0.2, 0.25) is 0 Å². The summed E-state index contributed by atoms with van der Waals surface area (Å²) in [5.74, 6) is 0.400. The summed E-state index contributed by atoms with van der Waals surface area (Å²) in [5.41, 5.74) is 2.65. The van der Waals surface area contributed by atoms with Crippen molar-refractivity contribution < 1.29 is 5.11 Å². The Balaban J connectivity index is 0.00000162. The van der Waals surface area contributed by atoms with E-state index in [2.05, 4.69) is 17.9 Å². The number of hydrogen-bond acceptors (Lipinski definition) is 2. The molecule has 0 amide bonds. The maximum Gasteiger partial charge on any atom is 0.116 e. The van der Waals surface area contributed by atoms with Gasteiger partial charge in [0.15, 0.2) is 0 Å². The highest BCUT2D eigenvalue weighted by Crippen LogP contribution is 2.30. The van der Waals surface area contributed by atoms with Crippen molar-refractivity contribution in [3.63, 3.8) is 0 Å². The van der Waals surface area contributed by atoms with Crippen molar-refractivity contribution in [2.75, 3.05) is 18.0 Å². The Morgan fingerprint density at radius 1 is 1.22 bits per heavy atom. The fourth-order valence-electron chi connectivity index (χ4n) is 2.62. The van der Waals surface area contributed by atoms with E-state index >= 15 is 0 Å². The molecular weight excluding hydrogens is 337 g/mol. The number of phenolic OH excluding ortho intramolecular Hbond substituents is 1. The number of unbranched alkanes of at least 4 members (excludes halogenated alkanes) is 3. The first-order valence-electron chi connectivity index (χ1n) is 6.88. The predicted octanol–water partition coefficient (Wildman–Crippen LogP) is 4.34.